The highest BCUT2D eigenvalue weighted by atomic mass is 32.2. The van der Waals surface area contributed by atoms with Gasteiger partial charge in [-0.25, -0.2) is 13.1 Å². The molecule has 0 saturated heterocycles. The Hall–Kier alpha value is -2.56. The highest BCUT2D eigenvalue weighted by Gasteiger charge is 2.20. The van der Waals surface area contributed by atoms with Crippen molar-refractivity contribution in [2.75, 3.05) is 18.5 Å². The standard InChI is InChI=1S/C16H16N4O4S2/c1-11(21)18-15-19-20-16(25-15)26(22,23)17-9-10-24-14-8-4-6-12-5-2-3-7-13(12)14/h2-8,17H,9-10H2,1H3,(H,18,19,21). The van der Waals surface area contributed by atoms with Crippen molar-refractivity contribution < 1.29 is 17.9 Å². The fraction of sp³-hybridized carbons (Fsp3) is 0.188. The summed E-state index contributed by atoms with van der Waals surface area (Å²) in [6.45, 7) is 1.53. The van der Waals surface area contributed by atoms with Gasteiger partial charge >= 0.3 is 0 Å². The van der Waals surface area contributed by atoms with E-state index in [1.165, 1.54) is 6.92 Å². The molecule has 3 rings (SSSR count). The quantitative estimate of drug-likeness (QED) is 0.470. The van der Waals surface area contributed by atoms with E-state index in [1.54, 1.807) is 0 Å². The summed E-state index contributed by atoms with van der Waals surface area (Å²) in [4.78, 5) is 11.0. The highest BCUT2D eigenvalue weighted by Crippen LogP contribution is 2.25. The number of nitrogens with zero attached hydrogens (tertiary/aromatic N) is 2. The third-order valence-electron chi connectivity index (χ3n) is 3.32. The van der Waals surface area contributed by atoms with E-state index in [0.29, 0.717) is 5.75 Å². The zero-order valence-corrected chi connectivity index (χ0v) is 15.4. The maximum Gasteiger partial charge on any atom is 0.269 e. The minimum Gasteiger partial charge on any atom is -0.492 e. The first kappa shape index (κ1) is 18.2. The number of sulfonamides is 1. The van der Waals surface area contributed by atoms with E-state index >= 15 is 0 Å². The van der Waals surface area contributed by atoms with E-state index in [2.05, 4.69) is 20.2 Å². The minimum atomic E-state index is -3.81. The van der Waals surface area contributed by atoms with Crippen LogP contribution in [0.4, 0.5) is 5.13 Å². The first-order valence-corrected chi connectivity index (χ1v) is 9.97. The Labute approximate surface area is 154 Å². The molecule has 1 amide bonds. The molecule has 26 heavy (non-hydrogen) atoms. The molecule has 0 radical (unpaired) electrons. The molecule has 0 aliphatic carbocycles. The molecule has 2 N–H and O–H groups in total. The van der Waals surface area contributed by atoms with Gasteiger partial charge in [-0.15, -0.1) is 10.2 Å². The van der Waals surface area contributed by atoms with Crippen LogP contribution in [0, 0.1) is 0 Å². The van der Waals surface area contributed by atoms with Gasteiger partial charge in [0.05, 0.1) is 0 Å². The van der Waals surface area contributed by atoms with E-state index in [4.69, 9.17) is 4.74 Å². The number of carbonyl (C=O) groups excluding carboxylic acids is 1. The van der Waals surface area contributed by atoms with Crippen LogP contribution in [-0.4, -0.2) is 37.7 Å². The summed E-state index contributed by atoms with van der Waals surface area (Å²) < 4.78 is 32.2. The lowest BCUT2D eigenvalue weighted by atomic mass is 10.1. The molecule has 1 heterocycles. The second-order valence-electron chi connectivity index (χ2n) is 5.28. The molecule has 136 valence electrons. The van der Waals surface area contributed by atoms with Gasteiger partial charge in [0, 0.05) is 18.9 Å². The average molecular weight is 392 g/mol. The number of ether oxygens (including phenoxy) is 1. The summed E-state index contributed by atoms with van der Waals surface area (Å²) in [5.41, 5.74) is 0. The second kappa shape index (κ2) is 7.77. The molecule has 2 aromatic carbocycles. The highest BCUT2D eigenvalue weighted by molar-refractivity contribution is 7.91. The number of hydrogen-bond acceptors (Lipinski definition) is 7. The molecule has 0 saturated carbocycles. The van der Waals surface area contributed by atoms with Crippen LogP contribution in [0.2, 0.25) is 0 Å². The zero-order chi connectivity index (χ0) is 18.6. The van der Waals surface area contributed by atoms with Gasteiger partial charge in [0.15, 0.2) is 0 Å². The summed E-state index contributed by atoms with van der Waals surface area (Å²) >= 11 is 0.779. The number of nitrogens with one attached hydrogen (secondary N) is 2. The molecule has 0 fully saturated rings. The Balaban J connectivity index is 1.58. The van der Waals surface area contributed by atoms with Gasteiger partial charge in [0.1, 0.15) is 12.4 Å². The van der Waals surface area contributed by atoms with Crippen molar-refractivity contribution in [2.45, 2.75) is 11.3 Å². The maximum atomic E-state index is 12.2. The molecule has 1 aromatic heterocycles. The predicted molar refractivity (Wildman–Crippen MR) is 98.8 cm³/mol. The van der Waals surface area contributed by atoms with Crippen LogP contribution >= 0.6 is 11.3 Å². The Bertz CT molecular complexity index is 1030. The number of aromatic nitrogens is 2. The molecular formula is C16H16N4O4S2. The van der Waals surface area contributed by atoms with E-state index in [9.17, 15) is 13.2 Å². The molecule has 8 nitrogen and oxygen atoms in total. The molecule has 0 unspecified atom stereocenters. The van der Waals surface area contributed by atoms with Gasteiger partial charge in [-0.05, 0) is 11.5 Å². The van der Waals surface area contributed by atoms with Gasteiger partial charge in [-0.3, -0.25) is 4.79 Å². The number of anilines is 1. The number of fused-ring (bicyclic) bond motifs is 1. The Kier molecular flexibility index (Phi) is 5.45. The lowest BCUT2D eigenvalue weighted by molar-refractivity contribution is -0.114. The zero-order valence-electron chi connectivity index (χ0n) is 13.8. The summed E-state index contributed by atoms with van der Waals surface area (Å²) in [5.74, 6) is 0.340. The first-order valence-electron chi connectivity index (χ1n) is 7.67. The number of hydrogen-bond donors (Lipinski definition) is 2. The van der Waals surface area contributed by atoms with Gasteiger partial charge in [-0.2, -0.15) is 0 Å². The Morgan fingerprint density at radius 2 is 1.92 bits per heavy atom. The number of rotatable bonds is 7. The predicted octanol–water partition coefficient (Wildman–Crippen LogP) is 2.01. The van der Waals surface area contributed by atoms with Gasteiger partial charge in [0.2, 0.25) is 15.4 Å². The molecule has 0 spiro atoms. The van der Waals surface area contributed by atoms with Gasteiger partial charge in [0.25, 0.3) is 10.0 Å². The lowest BCUT2D eigenvalue weighted by Crippen LogP contribution is -2.28. The van der Waals surface area contributed by atoms with Crippen LogP contribution in [-0.2, 0) is 14.8 Å². The molecular weight excluding hydrogens is 376 g/mol. The Morgan fingerprint density at radius 3 is 2.73 bits per heavy atom. The molecule has 10 heteroatoms. The molecule has 0 aliphatic heterocycles. The minimum absolute atomic E-state index is 0.0700. The van der Waals surface area contributed by atoms with Crippen molar-refractivity contribution in [3.63, 3.8) is 0 Å². The van der Waals surface area contributed by atoms with E-state index in [-0.39, 0.29) is 28.5 Å². The normalized spacial score (nSPS) is 11.4. The summed E-state index contributed by atoms with van der Waals surface area (Å²) in [6, 6.07) is 13.5. The van der Waals surface area contributed by atoms with Crippen LogP contribution in [0.3, 0.4) is 0 Å². The number of amides is 1. The van der Waals surface area contributed by atoms with Crippen molar-refractivity contribution in [1.29, 1.82) is 0 Å². The monoisotopic (exact) mass is 392 g/mol. The van der Waals surface area contributed by atoms with Crippen LogP contribution in [0.5, 0.6) is 5.75 Å². The van der Waals surface area contributed by atoms with Crippen LogP contribution in [0.15, 0.2) is 46.8 Å². The van der Waals surface area contributed by atoms with Gasteiger partial charge in [-0.1, -0.05) is 47.7 Å². The SMILES string of the molecule is CC(=O)Nc1nnc(S(=O)(=O)NCCOc2cccc3ccccc23)s1. The van der Waals surface area contributed by atoms with E-state index in [1.807, 2.05) is 42.5 Å². The lowest BCUT2D eigenvalue weighted by Gasteiger charge is -2.09. The van der Waals surface area contributed by atoms with Crippen molar-refractivity contribution in [3.05, 3.63) is 42.5 Å². The molecule has 0 atom stereocenters. The molecule has 0 bridgehead atoms. The number of carbonyl (C=O) groups is 1. The fourth-order valence-electron chi connectivity index (χ4n) is 2.24. The van der Waals surface area contributed by atoms with Crippen molar-refractivity contribution in [1.82, 2.24) is 14.9 Å². The maximum absolute atomic E-state index is 12.2. The van der Waals surface area contributed by atoms with E-state index in [0.717, 1.165) is 22.1 Å². The van der Waals surface area contributed by atoms with Crippen molar-refractivity contribution in [2.24, 2.45) is 0 Å². The van der Waals surface area contributed by atoms with E-state index < -0.39 is 10.0 Å². The largest absolute Gasteiger partial charge is 0.492 e. The van der Waals surface area contributed by atoms with Crippen LogP contribution < -0.4 is 14.8 Å². The van der Waals surface area contributed by atoms with Crippen LogP contribution in [0.1, 0.15) is 6.92 Å². The van der Waals surface area contributed by atoms with Gasteiger partial charge < -0.3 is 10.1 Å². The van der Waals surface area contributed by atoms with Crippen molar-refractivity contribution >= 4 is 43.2 Å². The third-order valence-corrected chi connectivity index (χ3v) is 5.99. The molecule has 0 aliphatic rings. The summed E-state index contributed by atoms with van der Waals surface area (Å²) in [7, 11) is -3.81. The topological polar surface area (TPSA) is 110 Å². The third kappa shape index (κ3) is 4.34. The smallest absolute Gasteiger partial charge is 0.269 e. The fourth-order valence-corrected chi connectivity index (χ4v) is 4.24. The average Bonchev–Trinajstić information content (AvgIpc) is 3.07. The van der Waals surface area contributed by atoms with Crippen molar-refractivity contribution in [3.8, 4) is 5.75 Å². The summed E-state index contributed by atoms with van der Waals surface area (Å²) in [6.07, 6.45) is 0. The van der Waals surface area contributed by atoms with Crippen LogP contribution in [0.25, 0.3) is 10.8 Å². The first-order chi connectivity index (χ1) is 12.5. The molecule has 3 aromatic rings. The second-order valence-corrected chi connectivity index (χ2v) is 8.20. The number of benzene rings is 2. The summed E-state index contributed by atoms with van der Waals surface area (Å²) in [5, 5.41) is 11.7. The Morgan fingerprint density at radius 1 is 1.15 bits per heavy atom.